The van der Waals surface area contributed by atoms with Crippen LogP contribution in [0.4, 0.5) is 0 Å². The van der Waals surface area contributed by atoms with Crippen molar-refractivity contribution in [1.82, 2.24) is 10.6 Å². The minimum atomic E-state index is 0.619. The van der Waals surface area contributed by atoms with Crippen molar-refractivity contribution in [3.63, 3.8) is 0 Å². The first-order chi connectivity index (χ1) is 10.4. The molecule has 0 spiro atoms. The van der Waals surface area contributed by atoms with Gasteiger partial charge in [0.25, 0.3) is 0 Å². The molecule has 3 fully saturated rings. The van der Waals surface area contributed by atoms with Gasteiger partial charge in [0.15, 0.2) is 5.96 Å². The van der Waals surface area contributed by atoms with Gasteiger partial charge in [0, 0.05) is 31.7 Å². The highest BCUT2D eigenvalue weighted by atomic mass is 16.5. The Balaban J connectivity index is 1.45. The summed E-state index contributed by atoms with van der Waals surface area (Å²) < 4.78 is 5.43. The summed E-state index contributed by atoms with van der Waals surface area (Å²) in [5.74, 6) is 3.52. The first-order valence-corrected chi connectivity index (χ1v) is 8.99. The van der Waals surface area contributed by atoms with Crippen LogP contribution < -0.4 is 10.6 Å². The topological polar surface area (TPSA) is 45.7 Å². The summed E-state index contributed by atoms with van der Waals surface area (Å²) in [5.41, 5.74) is 0. The van der Waals surface area contributed by atoms with Crippen molar-refractivity contribution in [3.05, 3.63) is 0 Å². The highest BCUT2D eigenvalue weighted by molar-refractivity contribution is 5.80. The molecule has 21 heavy (non-hydrogen) atoms. The van der Waals surface area contributed by atoms with Crippen LogP contribution in [0.5, 0.6) is 0 Å². The van der Waals surface area contributed by atoms with Gasteiger partial charge in [-0.2, -0.15) is 0 Å². The first-order valence-electron chi connectivity index (χ1n) is 8.99. The minimum absolute atomic E-state index is 0.619. The zero-order valence-corrected chi connectivity index (χ0v) is 13.4. The number of aliphatic imine (C=N–C) groups is 1. The van der Waals surface area contributed by atoms with Crippen molar-refractivity contribution >= 4 is 5.96 Å². The summed E-state index contributed by atoms with van der Waals surface area (Å²) >= 11 is 0. The van der Waals surface area contributed by atoms with Gasteiger partial charge in [0.2, 0.25) is 0 Å². The fraction of sp³-hybridized carbons (Fsp3) is 0.941. The Morgan fingerprint density at radius 3 is 2.76 bits per heavy atom. The molecule has 0 bridgehead atoms. The molecule has 1 heterocycles. The van der Waals surface area contributed by atoms with Gasteiger partial charge in [-0.15, -0.1) is 0 Å². The molecule has 0 aromatic rings. The largest absolute Gasteiger partial charge is 0.381 e. The van der Waals surface area contributed by atoms with E-state index in [0.717, 1.165) is 50.5 Å². The lowest BCUT2D eigenvalue weighted by molar-refractivity contribution is 0.187. The van der Waals surface area contributed by atoms with Crippen LogP contribution in [0.15, 0.2) is 4.99 Å². The van der Waals surface area contributed by atoms with E-state index < -0.39 is 0 Å². The van der Waals surface area contributed by atoms with E-state index in [1.807, 2.05) is 0 Å². The van der Waals surface area contributed by atoms with E-state index in [-0.39, 0.29) is 0 Å². The van der Waals surface area contributed by atoms with Crippen LogP contribution in [-0.2, 0) is 4.74 Å². The molecule has 0 radical (unpaired) electrons. The molecule has 4 nitrogen and oxygen atoms in total. The average Bonchev–Trinajstić information content (AvgIpc) is 3.08. The molecule has 3 unspecified atom stereocenters. The summed E-state index contributed by atoms with van der Waals surface area (Å²) in [7, 11) is 0. The molecule has 2 N–H and O–H groups in total. The van der Waals surface area contributed by atoms with Crippen LogP contribution in [0.2, 0.25) is 0 Å². The van der Waals surface area contributed by atoms with E-state index >= 15 is 0 Å². The van der Waals surface area contributed by atoms with Crippen molar-refractivity contribution in [2.45, 2.75) is 57.9 Å². The van der Waals surface area contributed by atoms with E-state index in [2.05, 4.69) is 17.6 Å². The monoisotopic (exact) mass is 293 g/mol. The third-order valence-corrected chi connectivity index (χ3v) is 5.29. The minimum Gasteiger partial charge on any atom is -0.381 e. The van der Waals surface area contributed by atoms with E-state index in [1.165, 1.54) is 38.5 Å². The Morgan fingerprint density at radius 2 is 2.05 bits per heavy atom. The maximum atomic E-state index is 5.43. The van der Waals surface area contributed by atoms with Crippen molar-refractivity contribution in [1.29, 1.82) is 0 Å². The lowest BCUT2D eigenvalue weighted by Gasteiger charge is -2.22. The van der Waals surface area contributed by atoms with Gasteiger partial charge in [-0.25, -0.2) is 0 Å². The molecule has 2 aliphatic carbocycles. The normalized spacial score (nSPS) is 34.0. The van der Waals surface area contributed by atoms with E-state index in [0.29, 0.717) is 12.0 Å². The molecule has 3 atom stereocenters. The van der Waals surface area contributed by atoms with Gasteiger partial charge >= 0.3 is 0 Å². The molecule has 4 heteroatoms. The fourth-order valence-electron chi connectivity index (χ4n) is 3.91. The lowest BCUT2D eigenvalue weighted by Crippen LogP contribution is -2.40. The fourth-order valence-corrected chi connectivity index (χ4v) is 3.91. The van der Waals surface area contributed by atoms with Crippen molar-refractivity contribution in [2.75, 3.05) is 26.3 Å². The van der Waals surface area contributed by atoms with Gasteiger partial charge < -0.3 is 15.4 Å². The predicted octanol–water partition coefficient (Wildman–Crippen LogP) is 2.55. The summed E-state index contributed by atoms with van der Waals surface area (Å²) in [6.45, 7) is 5.78. The predicted molar refractivity (Wildman–Crippen MR) is 86.5 cm³/mol. The zero-order valence-electron chi connectivity index (χ0n) is 13.4. The Kier molecular flexibility index (Phi) is 5.39. The number of hydrogen-bond donors (Lipinski definition) is 2. The summed E-state index contributed by atoms with van der Waals surface area (Å²) in [6, 6.07) is 0.672. The van der Waals surface area contributed by atoms with Gasteiger partial charge in [-0.1, -0.05) is 32.1 Å². The quantitative estimate of drug-likeness (QED) is 0.605. The Hall–Kier alpha value is -0.770. The summed E-state index contributed by atoms with van der Waals surface area (Å²) in [4.78, 5) is 4.77. The Morgan fingerprint density at radius 1 is 1.19 bits per heavy atom. The first kappa shape index (κ1) is 15.1. The van der Waals surface area contributed by atoms with E-state index in [1.54, 1.807) is 0 Å². The zero-order chi connectivity index (χ0) is 14.5. The van der Waals surface area contributed by atoms with Crippen LogP contribution in [-0.4, -0.2) is 38.3 Å². The Labute approximate surface area is 129 Å². The van der Waals surface area contributed by atoms with Crippen molar-refractivity contribution in [2.24, 2.45) is 22.7 Å². The summed E-state index contributed by atoms with van der Waals surface area (Å²) in [5, 5.41) is 7.06. The van der Waals surface area contributed by atoms with Gasteiger partial charge in [0.1, 0.15) is 0 Å². The van der Waals surface area contributed by atoms with E-state index in [9.17, 15) is 0 Å². The SMILES string of the molecule is CCNC(=NCC1CCOC1)NC1CC1C1CCCCC1. The Bertz CT molecular complexity index is 346. The molecule has 1 saturated heterocycles. The number of hydrogen-bond acceptors (Lipinski definition) is 2. The van der Waals surface area contributed by atoms with Gasteiger partial charge in [-0.3, -0.25) is 4.99 Å². The standard InChI is InChI=1S/C17H31N3O/c1-2-18-17(19-11-13-8-9-21-12-13)20-16-10-15(16)14-6-4-3-5-7-14/h13-16H,2-12H2,1H3,(H2,18,19,20). The molecular weight excluding hydrogens is 262 g/mol. The number of nitrogens with one attached hydrogen (secondary N) is 2. The second-order valence-electron chi connectivity index (χ2n) is 7.00. The van der Waals surface area contributed by atoms with Gasteiger partial charge in [0.05, 0.1) is 6.61 Å². The number of ether oxygens (including phenoxy) is 1. The lowest BCUT2D eigenvalue weighted by atomic mass is 9.85. The third-order valence-electron chi connectivity index (χ3n) is 5.29. The third kappa shape index (κ3) is 4.35. The molecule has 1 aliphatic heterocycles. The van der Waals surface area contributed by atoms with Crippen LogP contribution in [0.25, 0.3) is 0 Å². The molecule has 0 aromatic carbocycles. The molecule has 3 rings (SSSR count). The van der Waals surface area contributed by atoms with Crippen LogP contribution in [0.3, 0.4) is 0 Å². The molecular formula is C17H31N3O. The van der Waals surface area contributed by atoms with Crippen molar-refractivity contribution < 1.29 is 4.74 Å². The molecule has 0 amide bonds. The highest BCUT2D eigenvalue weighted by Gasteiger charge is 2.43. The van der Waals surface area contributed by atoms with Crippen molar-refractivity contribution in [3.8, 4) is 0 Å². The maximum Gasteiger partial charge on any atom is 0.191 e. The second-order valence-corrected chi connectivity index (χ2v) is 7.00. The number of guanidine groups is 1. The smallest absolute Gasteiger partial charge is 0.191 e. The number of nitrogens with zero attached hydrogens (tertiary/aromatic N) is 1. The van der Waals surface area contributed by atoms with Crippen LogP contribution in [0, 0.1) is 17.8 Å². The van der Waals surface area contributed by atoms with E-state index in [4.69, 9.17) is 9.73 Å². The average molecular weight is 293 g/mol. The number of rotatable bonds is 5. The molecule has 2 saturated carbocycles. The summed E-state index contributed by atoms with van der Waals surface area (Å²) in [6.07, 6.45) is 9.77. The molecule has 3 aliphatic rings. The van der Waals surface area contributed by atoms with Crippen LogP contribution in [0.1, 0.15) is 51.9 Å². The molecule has 120 valence electrons. The van der Waals surface area contributed by atoms with Gasteiger partial charge in [-0.05, 0) is 31.6 Å². The van der Waals surface area contributed by atoms with Crippen LogP contribution >= 0.6 is 0 Å². The molecule has 0 aromatic heterocycles. The second kappa shape index (κ2) is 7.48. The maximum absolute atomic E-state index is 5.43. The highest BCUT2D eigenvalue weighted by Crippen LogP contribution is 2.44.